The molecule has 1 aliphatic rings. The zero-order valence-electron chi connectivity index (χ0n) is 11.5. The summed E-state index contributed by atoms with van der Waals surface area (Å²) in [6.07, 6.45) is -3.58. The van der Waals surface area contributed by atoms with Gasteiger partial charge in [0.15, 0.2) is 6.29 Å². The van der Waals surface area contributed by atoms with Crippen LogP contribution in [-0.4, -0.2) is 71.0 Å². The first kappa shape index (κ1) is 15.9. The second-order valence-corrected chi connectivity index (χ2v) is 4.77. The third-order valence-electron chi connectivity index (χ3n) is 3.38. The molecular formula is C14H19NO6. The molecule has 0 aliphatic carbocycles. The molecule has 116 valence electrons. The number of rotatable bonds is 4. The highest BCUT2D eigenvalue weighted by atomic mass is 16.6. The molecule has 0 amide bonds. The van der Waals surface area contributed by atoms with E-state index in [2.05, 4.69) is 4.99 Å². The van der Waals surface area contributed by atoms with Crippen molar-refractivity contribution < 1.29 is 29.9 Å². The molecule has 1 aromatic rings. The summed E-state index contributed by atoms with van der Waals surface area (Å²) < 4.78 is 10.1. The fourth-order valence-electron chi connectivity index (χ4n) is 2.11. The van der Waals surface area contributed by atoms with Crippen molar-refractivity contribution in [2.24, 2.45) is 4.99 Å². The van der Waals surface area contributed by atoms with Crippen LogP contribution in [0.1, 0.15) is 5.56 Å². The molecule has 0 saturated carbocycles. The van der Waals surface area contributed by atoms with Gasteiger partial charge in [-0.15, -0.1) is 0 Å². The summed E-state index contributed by atoms with van der Waals surface area (Å²) in [6.45, 7) is -0.496. The molecule has 1 fully saturated rings. The van der Waals surface area contributed by atoms with Crippen molar-refractivity contribution in [3.05, 3.63) is 29.8 Å². The van der Waals surface area contributed by atoms with Crippen molar-refractivity contribution in [2.45, 2.75) is 30.6 Å². The average molecular weight is 297 g/mol. The van der Waals surface area contributed by atoms with E-state index in [0.29, 0.717) is 5.75 Å². The minimum atomic E-state index is -1.39. The molecule has 21 heavy (non-hydrogen) atoms. The molecule has 1 saturated heterocycles. The van der Waals surface area contributed by atoms with E-state index in [0.717, 1.165) is 5.56 Å². The summed E-state index contributed by atoms with van der Waals surface area (Å²) in [5.41, 5.74) is 0.744. The van der Waals surface area contributed by atoms with Crippen LogP contribution in [0.3, 0.4) is 0 Å². The van der Waals surface area contributed by atoms with Crippen molar-refractivity contribution in [3.8, 4) is 5.75 Å². The van der Waals surface area contributed by atoms with Gasteiger partial charge in [-0.2, -0.15) is 0 Å². The summed E-state index contributed by atoms with van der Waals surface area (Å²) >= 11 is 0. The number of aliphatic hydroxyl groups excluding tert-OH is 4. The maximum Gasteiger partial charge on any atom is 0.180 e. The standard InChI is InChI=1S/C14H19NO6/c1-20-9-4-2-8(3-5-9)6-15-11-13(18)12(17)10(7-16)21-14(11)19/h2-6,10-14,16-19H,7H2,1H3/b15-6+/t10?,11?,12-,13-,14-/m1/s1. The van der Waals surface area contributed by atoms with Gasteiger partial charge in [-0.3, -0.25) is 4.99 Å². The zero-order chi connectivity index (χ0) is 15.4. The molecule has 7 heteroatoms. The zero-order valence-corrected chi connectivity index (χ0v) is 11.5. The van der Waals surface area contributed by atoms with Gasteiger partial charge in [0.25, 0.3) is 0 Å². The fourth-order valence-corrected chi connectivity index (χ4v) is 2.11. The number of nitrogens with zero attached hydrogens (tertiary/aromatic N) is 1. The molecular weight excluding hydrogens is 278 g/mol. The van der Waals surface area contributed by atoms with Crippen LogP contribution in [-0.2, 0) is 4.74 Å². The Bertz CT molecular complexity index is 477. The van der Waals surface area contributed by atoms with Crippen LogP contribution in [0.5, 0.6) is 5.75 Å². The minimum Gasteiger partial charge on any atom is -0.497 e. The van der Waals surface area contributed by atoms with Crippen molar-refractivity contribution in [1.82, 2.24) is 0 Å². The van der Waals surface area contributed by atoms with Crippen LogP contribution in [0, 0.1) is 0 Å². The van der Waals surface area contributed by atoms with E-state index in [1.165, 1.54) is 6.21 Å². The highest BCUT2D eigenvalue weighted by molar-refractivity contribution is 5.79. The van der Waals surface area contributed by atoms with Crippen molar-refractivity contribution in [2.75, 3.05) is 13.7 Å². The van der Waals surface area contributed by atoms with Crippen molar-refractivity contribution in [1.29, 1.82) is 0 Å². The Morgan fingerprint density at radius 3 is 2.43 bits per heavy atom. The highest BCUT2D eigenvalue weighted by Gasteiger charge is 2.43. The van der Waals surface area contributed by atoms with Gasteiger partial charge in [0, 0.05) is 6.21 Å². The van der Waals surface area contributed by atoms with E-state index >= 15 is 0 Å². The van der Waals surface area contributed by atoms with Crippen LogP contribution >= 0.6 is 0 Å². The molecule has 0 bridgehead atoms. The molecule has 4 N–H and O–H groups in total. The summed E-state index contributed by atoms with van der Waals surface area (Å²) in [7, 11) is 1.56. The lowest BCUT2D eigenvalue weighted by molar-refractivity contribution is -0.248. The van der Waals surface area contributed by atoms with Crippen LogP contribution in [0.2, 0.25) is 0 Å². The van der Waals surface area contributed by atoms with Gasteiger partial charge in [-0.1, -0.05) is 0 Å². The molecule has 0 radical (unpaired) electrons. The third kappa shape index (κ3) is 3.58. The van der Waals surface area contributed by atoms with Gasteiger partial charge in [0.05, 0.1) is 13.7 Å². The van der Waals surface area contributed by atoms with E-state index in [-0.39, 0.29) is 0 Å². The van der Waals surface area contributed by atoms with E-state index in [1.54, 1.807) is 31.4 Å². The van der Waals surface area contributed by atoms with E-state index < -0.39 is 37.3 Å². The van der Waals surface area contributed by atoms with Crippen LogP contribution in [0.25, 0.3) is 0 Å². The summed E-state index contributed by atoms with van der Waals surface area (Å²) in [6, 6.07) is 6.00. The lowest BCUT2D eigenvalue weighted by atomic mass is 9.97. The van der Waals surface area contributed by atoms with Crippen molar-refractivity contribution >= 4 is 6.21 Å². The van der Waals surface area contributed by atoms with Gasteiger partial charge in [-0.05, 0) is 29.8 Å². The number of aliphatic imine (C=N–C) groups is 1. The number of ether oxygens (including phenoxy) is 2. The molecule has 0 aromatic heterocycles. The predicted octanol–water partition coefficient (Wildman–Crippen LogP) is -1.09. The van der Waals surface area contributed by atoms with Crippen molar-refractivity contribution in [3.63, 3.8) is 0 Å². The van der Waals surface area contributed by atoms with Crippen LogP contribution in [0.15, 0.2) is 29.3 Å². The Kier molecular flexibility index (Phi) is 5.27. The smallest absolute Gasteiger partial charge is 0.180 e. The maximum absolute atomic E-state index is 9.93. The third-order valence-corrected chi connectivity index (χ3v) is 3.38. The molecule has 7 nitrogen and oxygen atoms in total. The molecule has 1 aromatic carbocycles. The maximum atomic E-state index is 9.93. The predicted molar refractivity (Wildman–Crippen MR) is 74.4 cm³/mol. The lowest BCUT2D eigenvalue weighted by Gasteiger charge is -2.38. The van der Waals surface area contributed by atoms with E-state index in [1.807, 2.05) is 0 Å². The molecule has 2 rings (SSSR count). The summed E-state index contributed by atoms with van der Waals surface area (Å²) in [5.74, 6) is 0.703. The largest absolute Gasteiger partial charge is 0.497 e. The number of methoxy groups -OCH3 is 1. The second-order valence-electron chi connectivity index (χ2n) is 4.77. The highest BCUT2D eigenvalue weighted by Crippen LogP contribution is 2.22. The SMILES string of the molecule is COc1ccc(/C=N/C2[C@H](O)OC(CO)[C@@H](O)[C@@H]2O)cc1. The van der Waals surface area contributed by atoms with E-state index in [9.17, 15) is 15.3 Å². The lowest BCUT2D eigenvalue weighted by Crippen LogP contribution is -2.57. The Hall–Kier alpha value is -1.51. The summed E-state index contributed by atoms with van der Waals surface area (Å²) in [4.78, 5) is 4.06. The van der Waals surface area contributed by atoms with E-state index in [4.69, 9.17) is 14.6 Å². The molecule has 1 heterocycles. The average Bonchev–Trinajstić information content (AvgIpc) is 2.51. The topological polar surface area (TPSA) is 112 Å². The molecule has 1 aliphatic heterocycles. The summed E-state index contributed by atoms with van der Waals surface area (Å²) in [5, 5.41) is 38.5. The first-order chi connectivity index (χ1) is 10.1. The quantitative estimate of drug-likeness (QED) is 0.526. The second kappa shape index (κ2) is 6.97. The Morgan fingerprint density at radius 2 is 1.86 bits per heavy atom. The Balaban J connectivity index is 2.08. The first-order valence-corrected chi connectivity index (χ1v) is 6.54. The number of aliphatic hydroxyl groups is 4. The van der Waals surface area contributed by atoms with Crippen LogP contribution < -0.4 is 4.74 Å². The van der Waals surface area contributed by atoms with Gasteiger partial charge < -0.3 is 29.9 Å². The van der Waals surface area contributed by atoms with Crippen LogP contribution in [0.4, 0.5) is 0 Å². The number of hydrogen-bond acceptors (Lipinski definition) is 7. The van der Waals surface area contributed by atoms with Gasteiger partial charge in [0.1, 0.15) is 30.1 Å². The fraction of sp³-hybridized carbons (Fsp3) is 0.500. The molecule has 2 unspecified atom stereocenters. The number of benzene rings is 1. The monoisotopic (exact) mass is 297 g/mol. The Morgan fingerprint density at radius 1 is 1.19 bits per heavy atom. The first-order valence-electron chi connectivity index (χ1n) is 6.54. The van der Waals surface area contributed by atoms with Gasteiger partial charge in [-0.25, -0.2) is 0 Å². The van der Waals surface area contributed by atoms with Gasteiger partial charge in [0.2, 0.25) is 0 Å². The van der Waals surface area contributed by atoms with Gasteiger partial charge >= 0.3 is 0 Å². The molecule has 0 spiro atoms. The Labute approximate surface area is 122 Å². The minimum absolute atomic E-state index is 0.496. The number of hydrogen-bond donors (Lipinski definition) is 4. The normalized spacial score (nSPS) is 33.3. The molecule has 5 atom stereocenters.